The fraction of sp³-hybridized carbons (Fsp3) is 0.276. The highest BCUT2D eigenvalue weighted by atomic mass is 28.4. The molecule has 0 saturated carbocycles. The Hall–Kier alpha value is -2.95. The molecule has 1 N–H and O–H groups in total. The van der Waals surface area contributed by atoms with Gasteiger partial charge in [-0.3, -0.25) is 4.79 Å². The van der Waals surface area contributed by atoms with Crippen molar-refractivity contribution in [3.8, 4) is 0 Å². The maximum atomic E-state index is 12.8. The highest BCUT2D eigenvalue weighted by Gasteiger charge is 2.49. The van der Waals surface area contributed by atoms with E-state index in [4.69, 9.17) is 4.43 Å². The summed E-state index contributed by atoms with van der Waals surface area (Å²) in [6.45, 7) is 9.53. The number of para-hydroxylation sites is 1. The second kappa shape index (κ2) is 9.50. The minimum Gasteiger partial charge on any atom is -0.407 e. The van der Waals surface area contributed by atoms with Gasteiger partial charge < -0.3 is 9.41 Å². The summed E-state index contributed by atoms with van der Waals surface area (Å²) in [5.74, 6) is 0. The van der Waals surface area contributed by atoms with Crippen LogP contribution in [0.1, 0.15) is 38.3 Å². The number of hydrogen-bond acceptors (Lipinski definition) is 2. The van der Waals surface area contributed by atoms with Gasteiger partial charge in [-0.1, -0.05) is 99.6 Å². The third-order valence-corrected chi connectivity index (χ3v) is 11.7. The molecule has 1 aromatic heterocycles. The summed E-state index contributed by atoms with van der Waals surface area (Å²) in [5.41, 5.74) is 2.84. The van der Waals surface area contributed by atoms with E-state index in [9.17, 15) is 4.79 Å². The minimum absolute atomic E-state index is 0.0108. The summed E-state index contributed by atoms with van der Waals surface area (Å²) in [6, 6.07) is 29.4. The molecule has 0 fully saturated rings. The molecule has 0 aliphatic carbocycles. The molecule has 1 heterocycles. The molecule has 0 amide bonds. The van der Waals surface area contributed by atoms with Crippen LogP contribution in [0.25, 0.3) is 10.9 Å². The number of pyridine rings is 1. The van der Waals surface area contributed by atoms with Crippen LogP contribution in [0.4, 0.5) is 0 Å². The number of rotatable bonds is 7. The van der Waals surface area contributed by atoms with Crippen molar-refractivity contribution in [3.05, 3.63) is 106 Å². The zero-order chi connectivity index (χ0) is 23.5. The van der Waals surface area contributed by atoms with Crippen molar-refractivity contribution < 1.29 is 4.43 Å². The van der Waals surface area contributed by atoms with Crippen LogP contribution in [0, 0.1) is 6.92 Å². The Balaban J connectivity index is 1.63. The lowest BCUT2D eigenvalue weighted by molar-refractivity contribution is 0.292. The normalized spacial score (nSPS) is 12.2. The number of aromatic nitrogens is 1. The zero-order valence-electron chi connectivity index (χ0n) is 20.0. The van der Waals surface area contributed by atoms with Gasteiger partial charge in [-0.2, -0.15) is 0 Å². The first-order chi connectivity index (χ1) is 15.8. The van der Waals surface area contributed by atoms with Gasteiger partial charge in [-0.05, 0) is 46.8 Å². The Morgan fingerprint density at radius 1 is 0.818 bits per heavy atom. The maximum absolute atomic E-state index is 12.8. The van der Waals surface area contributed by atoms with Gasteiger partial charge in [0.05, 0.1) is 0 Å². The molecule has 0 spiro atoms. The SMILES string of the molecule is Cc1c(CCCO[Si](c2ccccc2)(c2ccccc2)C(C)(C)C)c(=O)[nH]c2ccccc12. The molecule has 0 radical (unpaired) electrons. The van der Waals surface area contributed by atoms with E-state index in [2.05, 4.69) is 99.4 Å². The molecule has 0 atom stereocenters. The quantitative estimate of drug-likeness (QED) is 0.302. The number of aryl methyl sites for hydroxylation is 1. The molecule has 3 aromatic carbocycles. The van der Waals surface area contributed by atoms with Crippen LogP contribution in [-0.2, 0) is 10.8 Å². The van der Waals surface area contributed by atoms with Crippen molar-refractivity contribution in [2.45, 2.75) is 45.6 Å². The van der Waals surface area contributed by atoms with Gasteiger partial charge in [0.25, 0.3) is 13.9 Å². The summed E-state index contributed by atoms with van der Waals surface area (Å²) in [7, 11) is -2.54. The fourth-order valence-corrected chi connectivity index (χ4v) is 9.59. The molecular weight excluding hydrogens is 422 g/mol. The average Bonchev–Trinajstić information content (AvgIpc) is 2.81. The van der Waals surface area contributed by atoms with Crippen molar-refractivity contribution in [1.29, 1.82) is 0 Å². The molecule has 0 unspecified atom stereocenters. The van der Waals surface area contributed by atoms with E-state index in [1.165, 1.54) is 10.4 Å². The molecule has 0 aliphatic heterocycles. The topological polar surface area (TPSA) is 42.1 Å². The number of fused-ring (bicyclic) bond motifs is 1. The van der Waals surface area contributed by atoms with Crippen LogP contribution in [0.2, 0.25) is 5.04 Å². The highest BCUT2D eigenvalue weighted by molar-refractivity contribution is 6.99. The van der Waals surface area contributed by atoms with Crippen molar-refractivity contribution in [2.75, 3.05) is 6.61 Å². The van der Waals surface area contributed by atoms with Crippen LogP contribution in [-0.4, -0.2) is 19.9 Å². The molecule has 4 heteroatoms. The van der Waals surface area contributed by atoms with E-state index in [0.717, 1.165) is 28.5 Å². The molecule has 0 bridgehead atoms. The van der Waals surface area contributed by atoms with Gasteiger partial charge in [-0.25, -0.2) is 0 Å². The lowest BCUT2D eigenvalue weighted by Crippen LogP contribution is -2.66. The van der Waals surface area contributed by atoms with Crippen LogP contribution < -0.4 is 15.9 Å². The maximum Gasteiger partial charge on any atom is 0.261 e. The Morgan fingerprint density at radius 2 is 1.36 bits per heavy atom. The van der Waals surface area contributed by atoms with Gasteiger partial charge in [0.1, 0.15) is 0 Å². The Labute approximate surface area is 197 Å². The van der Waals surface area contributed by atoms with Crippen LogP contribution in [0.5, 0.6) is 0 Å². The number of nitrogens with one attached hydrogen (secondary N) is 1. The van der Waals surface area contributed by atoms with Gasteiger partial charge >= 0.3 is 0 Å². The van der Waals surface area contributed by atoms with Gasteiger partial charge in [0, 0.05) is 23.1 Å². The van der Waals surface area contributed by atoms with E-state index in [1.807, 2.05) is 18.2 Å². The zero-order valence-corrected chi connectivity index (χ0v) is 21.0. The predicted molar refractivity (Wildman–Crippen MR) is 141 cm³/mol. The largest absolute Gasteiger partial charge is 0.407 e. The summed E-state index contributed by atoms with van der Waals surface area (Å²) >= 11 is 0. The Morgan fingerprint density at radius 3 is 1.94 bits per heavy atom. The second-order valence-corrected chi connectivity index (χ2v) is 14.0. The summed E-state index contributed by atoms with van der Waals surface area (Å²) < 4.78 is 6.98. The number of hydrogen-bond donors (Lipinski definition) is 1. The van der Waals surface area contributed by atoms with Gasteiger partial charge in [-0.15, -0.1) is 0 Å². The van der Waals surface area contributed by atoms with Gasteiger partial charge in [0.2, 0.25) is 0 Å². The van der Waals surface area contributed by atoms with Crippen molar-refractivity contribution in [1.82, 2.24) is 4.98 Å². The molecular formula is C29H33NO2Si. The standard InChI is InChI=1S/C29H33NO2Si/c1-22-25-18-11-12-20-27(25)30-28(31)26(22)19-13-21-32-33(29(2,3)4,23-14-7-5-8-15-23)24-16-9-6-10-17-24/h5-12,14-18,20H,13,19,21H2,1-4H3,(H,30,31). The third-order valence-electron chi connectivity index (χ3n) is 6.61. The summed E-state index contributed by atoms with van der Waals surface area (Å²) in [5, 5.41) is 3.62. The van der Waals surface area contributed by atoms with E-state index >= 15 is 0 Å². The Bertz CT molecular complexity index is 1230. The smallest absolute Gasteiger partial charge is 0.261 e. The minimum atomic E-state index is -2.54. The van der Waals surface area contributed by atoms with Crippen molar-refractivity contribution >= 4 is 29.6 Å². The number of benzene rings is 3. The molecule has 4 aromatic rings. The summed E-state index contributed by atoms with van der Waals surface area (Å²) in [6.07, 6.45) is 1.50. The molecule has 33 heavy (non-hydrogen) atoms. The van der Waals surface area contributed by atoms with Crippen LogP contribution in [0.15, 0.2) is 89.7 Å². The first kappa shape index (κ1) is 23.2. The average molecular weight is 456 g/mol. The highest BCUT2D eigenvalue weighted by Crippen LogP contribution is 2.36. The molecule has 3 nitrogen and oxygen atoms in total. The van der Waals surface area contributed by atoms with Crippen molar-refractivity contribution in [3.63, 3.8) is 0 Å². The second-order valence-electron chi connectivity index (χ2n) is 9.72. The lowest BCUT2D eigenvalue weighted by atomic mass is 10.0. The Kier molecular flexibility index (Phi) is 6.68. The summed E-state index contributed by atoms with van der Waals surface area (Å²) in [4.78, 5) is 15.8. The first-order valence-electron chi connectivity index (χ1n) is 11.7. The number of aromatic amines is 1. The first-order valence-corrected chi connectivity index (χ1v) is 13.6. The number of H-pyrrole nitrogens is 1. The van der Waals surface area contributed by atoms with E-state index < -0.39 is 8.32 Å². The van der Waals surface area contributed by atoms with E-state index in [-0.39, 0.29) is 10.6 Å². The van der Waals surface area contributed by atoms with Crippen molar-refractivity contribution in [2.24, 2.45) is 0 Å². The monoisotopic (exact) mass is 455 g/mol. The van der Waals surface area contributed by atoms with Gasteiger partial charge in [0.15, 0.2) is 0 Å². The van der Waals surface area contributed by atoms with E-state index in [0.29, 0.717) is 13.0 Å². The lowest BCUT2D eigenvalue weighted by Gasteiger charge is -2.43. The predicted octanol–water partition coefficient (Wildman–Crippen LogP) is 5.35. The van der Waals surface area contributed by atoms with Crippen LogP contribution >= 0.6 is 0 Å². The molecule has 170 valence electrons. The fourth-order valence-electron chi connectivity index (χ4n) is 4.99. The molecule has 0 aliphatic rings. The van der Waals surface area contributed by atoms with Crippen LogP contribution in [0.3, 0.4) is 0 Å². The molecule has 4 rings (SSSR count). The molecule has 0 saturated heterocycles. The van der Waals surface area contributed by atoms with E-state index in [1.54, 1.807) is 0 Å². The third kappa shape index (κ3) is 4.46.